The molecule has 18 heavy (non-hydrogen) atoms. The van der Waals surface area contributed by atoms with Crippen LogP contribution in [-0.2, 0) is 0 Å². The highest BCUT2D eigenvalue weighted by molar-refractivity contribution is 6.30. The fourth-order valence-corrected chi connectivity index (χ4v) is 2.02. The lowest BCUT2D eigenvalue weighted by Gasteiger charge is -2.01. The number of halogens is 1. The Morgan fingerprint density at radius 1 is 1.17 bits per heavy atom. The maximum absolute atomic E-state index is 9.01. The third kappa shape index (κ3) is 1.73. The number of pyridine rings is 1. The fourth-order valence-electron chi connectivity index (χ4n) is 1.90. The monoisotopic (exact) mass is 253 g/mol. The second kappa shape index (κ2) is 4.17. The van der Waals surface area contributed by atoms with Crippen molar-refractivity contribution in [3.63, 3.8) is 0 Å². The van der Waals surface area contributed by atoms with E-state index in [2.05, 4.69) is 16.0 Å². The molecular formula is C14H8ClN3. The van der Waals surface area contributed by atoms with E-state index >= 15 is 0 Å². The molecule has 0 atom stereocenters. The van der Waals surface area contributed by atoms with Crippen molar-refractivity contribution in [1.82, 2.24) is 9.97 Å². The highest BCUT2D eigenvalue weighted by atomic mass is 35.5. The molecule has 0 saturated heterocycles. The van der Waals surface area contributed by atoms with Gasteiger partial charge in [-0.3, -0.25) is 0 Å². The zero-order valence-corrected chi connectivity index (χ0v) is 10.1. The van der Waals surface area contributed by atoms with Gasteiger partial charge in [-0.15, -0.1) is 0 Å². The Labute approximate surface area is 109 Å². The number of fused-ring (bicyclic) bond motifs is 1. The number of hydrogen-bond acceptors (Lipinski definition) is 2. The summed E-state index contributed by atoms with van der Waals surface area (Å²) >= 11 is 5.86. The van der Waals surface area contributed by atoms with Crippen molar-refractivity contribution in [2.75, 3.05) is 0 Å². The minimum Gasteiger partial charge on any atom is -0.345 e. The van der Waals surface area contributed by atoms with Crippen molar-refractivity contribution in [3.05, 3.63) is 53.3 Å². The van der Waals surface area contributed by atoms with E-state index in [1.54, 1.807) is 12.4 Å². The first-order valence-electron chi connectivity index (χ1n) is 5.41. The van der Waals surface area contributed by atoms with Crippen molar-refractivity contribution in [1.29, 1.82) is 5.26 Å². The molecule has 3 aromatic rings. The van der Waals surface area contributed by atoms with E-state index in [1.807, 2.05) is 30.3 Å². The van der Waals surface area contributed by atoms with Crippen molar-refractivity contribution >= 4 is 22.6 Å². The predicted molar refractivity (Wildman–Crippen MR) is 71.3 cm³/mol. The summed E-state index contributed by atoms with van der Waals surface area (Å²) in [6, 6.07) is 11.6. The second-order valence-electron chi connectivity index (χ2n) is 3.94. The summed E-state index contributed by atoms with van der Waals surface area (Å²) in [6.07, 6.45) is 3.45. The van der Waals surface area contributed by atoms with Gasteiger partial charge >= 0.3 is 0 Å². The molecule has 0 aliphatic rings. The van der Waals surface area contributed by atoms with E-state index in [4.69, 9.17) is 16.9 Å². The SMILES string of the molecule is N#Cc1c[nH]c2ncc(-c3ccc(Cl)cc3)cc12. The molecule has 0 amide bonds. The summed E-state index contributed by atoms with van der Waals surface area (Å²) in [6.45, 7) is 0. The second-order valence-corrected chi connectivity index (χ2v) is 4.38. The Bertz CT molecular complexity index is 751. The van der Waals surface area contributed by atoms with Crippen LogP contribution in [0.25, 0.3) is 22.2 Å². The number of nitrogens with one attached hydrogen (secondary N) is 1. The van der Waals surface area contributed by atoms with Crippen LogP contribution in [0.4, 0.5) is 0 Å². The van der Waals surface area contributed by atoms with E-state index < -0.39 is 0 Å². The average molecular weight is 254 g/mol. The molecule has 3 nitrogen and oxygen atoms in total. The number of rotatable bonds is 1. The van der Waals surface area contributed by atoms with E-state index in [-0.39, 0.29) is 0 Å². The quantitative estimate of drug-likeness (QED) is 0.718. The highest BCUT2D eigenvalue weighted by Crippen LogP contribution is 2.25. The molecule has 0 aliphatic heterocycles. The summed E-state index contributed by atoms with van der Waals surface area (Å²) in [7, 11) is 0. The summed E-state index contributed by atoms with van der Waals surface area (Å²) in [4.78, 5) is 7.28. The summed E-state index contributed by atoms with van der Waals surface area (Å²) < 4.78 is 0. The molecule has 0 unspecified atom stereocenters. The Hall–Kier alpha value is -2.31. The predicted octanol–water partition coefficient (Wildman–Crippen LogP) is 3.75. The third-order valence-corrected chi connectivity index (χ3v) is 3.08. The lowest BCUT2D eigenvalue weighted by Crippen LogP contribution is -1.82. The maximum Gasteiger partial charge on any atom is 0.138 e. The van der Waals surface area contributed by atoms with Gasteiger partial charge in [-0.2, -0.15) is 5.26 Å². The summed E-state index contributed by atoms with van der Waals surface area (Å²) in [5.74, 6) is 0. The van der Waals surface area contributed by atoms with Crippen LogP contribution in [0, 0.1) is 11.3 Å². The number of aromatic amines is 1. The minimum absolute atomic E-state index is 0.605. The van der Waals surface area contributed by atoms with Gasteiger partial charge in [0, 0.05) is 28.4 Å². The van der Waals surface area contributed by atoms with Gasteiger partial charge in [0.1, 0.15) is 11.7 Å². The Morgan fingerprint density at radius 2 is 1.94 bits per heavy atom. The number of aromatic nitrogens is 2. The average Bonchev–Trinajstić information content (AvgIpc) is 2.81. The molecule has 0 aliphatic carbocycles. The largest absolute Gasteiger partial charge is 0.345 e. The normalized spacial score (nSPS) is 10.4. The van der Waals surface area contributed by atoms with Crippen molar-refractivity contribution in [2.45, 2.75) is 0 Å². The van der Waals surface area contributed by atoms with Crippen molar-refractivity contribution in [3.8, 4) is 17.2 Å². The maximum atomic E-state index is 9.01. The minimum atomic E-state index is 0.605. The molecule has 86 valence electrons. The standard InChI is InChI=1S/C14H8ClN3/c15-12-3-1-9(2-4-12)10-5-13-11(6-16)8-18-14(13)17-7-10/h1-5,7-8H,(H,17,18). The van der Waals surface area contributed by atoms with Crippen molar-refractivity contribution in [2.24, 2.45) is 0 Å². The van der Waals surface area contributed by atoms with E-state index in [0.717, 1.165) is 22.2 Å². The zero-order chi connectivity index (χ0) is 12.5. The smallest absolute Gasteiger partial charge is 0.138 e. The van der Waals surface area contributed by atoms with E-state index in [0.29, 0.717) is 10.6 Å². The molecule has 0 fully saturated rings. The Balaban J connectivity index is 2.18. The van der Waals surface area contributed by atoms with Crippen LogP contribution in [0.15, 0.2) is 42.7 Å². The molecule has 4 heteroatoms. The molecule has 0 radical (unpaired) electrons. The van der Waals surface area contributed by atoms with Crippen LogP contribution in [-0.4, -0.2) is 9.97 Å². The molecule has 2 aromatic heterocycles. The third-order valence-electron chi connectivity index (χ3n) is 2.83. The van der Waals surface area contributed by atoms with Gasteiger partial charge in [0.2, 0.25) is 0 Å². The van der Waals surface area contributed by atoms with Gasteiger partial charge in [0.25, 0.3) is 0 Å². The van der Waals surface area contributed by atoms with Gasteiger partial charge in [-0.05, 0) is 23.8 Å². The summed E-state index contributed by atoms with van der Waals surface area (Å²) in [5.41, 5.74) is 3.33. The Kier molecular flexibility index (Phi) is 2.51. The molecule has 2 heterocycles. The molecule has 3 rings (SSSR count). The van der Waals surface area contributed by atoms with Gasteiger partial charge in [-0.1, -0.05) is 23.7 Å². The topological polar surface area (TPSA) is 52.5 Å². The highest BCUT2D eigenvalue weighted by Gasteiger charge is 2.06. The van der Waals surface area contributed by atoms with Gasteiger partial charge < -0.3 is 4.98 Å². The van der Waals surface area contributed by atoms with Gasteiger partial charge in [0.15, 0.2) is 0 Å². The first kappa shape index (κ1) is 10.8. The molecular weight excluding hydrogens is 246 g/mol. The lowest BCUT2D eigenvalue weighted by atomic mass is 10.1. The number of benzene rings is 1. The number of H-pyrrole nitrogens is 1. The van der Waals surface area contributed by atoms with Crippen LogP contribution < -0.4 is 0 Å². The van der Waals surface area contributed by atoms with Crippen LogP contribution in [0.2, 0.25) is 5.02 Å². The van der Waals surface area contributed by atoms with E-state index in [9.17, 15) is 0 Å². The molecule has 0 spiro atoms. The fraction of sp³-hybridized carbons (Fsp3) is 0. The van der Waals surface area contributed by atoms with E-state index in [1.165, 1.54) is 0 Å². The van der Waals surface area contributed by atoms with Crippen LogP contribution in [0.3, 0.4) is 0 Å². The van der Waals surface area contributed by atoms with Crippen LogP contribution >= 0.6 is 11.6 Å². The van der Waals surface area contributed by atoms with Crippen LogP contribution in [0.1, 0.15) is 5.56 Å². The molecule has 1 aromatic carbocycles. The molecule has 0 bridgehead atoms. The molecule has 1 N–H and O–H groups in total. The van der Waals surface area contributed by atoms with Crippen molar-refractivity contribution < 1.29 is 0 Å². The van der Waals surface area contributed by atoms with Crippen LogP contribution in [0.5, 0.6) is 0 Å². The first-order chi connectivity index (χ1) is 8.78. The number of nitriles is 1. The zero-order valence-electron chi connectivity index (χ0n) is 9.31. The van der Waals surface area contributed by atoms with Gasteiger partial charge in [0.05, 0.1) is 5.56 Å². The van der Waals surface area contributed by atoms with Gasteiger partial charge in [-0.25, -0.2) is 4.98 Å². The number of nitrogens with zero attached hydrogens (tertiary/aromatic N) is 2. The molecule has 0 saturated carbocycles. The summed E-state index contributed by atoms with van der Waals surface area (Å²) in [5, 5.41) is 10.5. The number of hydrogen-bond donors (Lipinski definition) is 1. The lowest BCUT2D eigenvalue weighted by molar-refractivity contribution is 1.32. The Morgan fingerprint density at radius 3 is 2.67 bits per heavy atom. The first-order valence-corrected chi connectivity index (χ1v) is 5.79.